The third kappa shape index (κ3) is 7.35. The van der Waals surface area contributed by atoms with Gasteiger partial charge in [-0.3, -0.25) is 14.6 Å². The number of oxazole rings is 1. The number of hydrogen-bond donors (Lipinski definition) is 1. The summed E-state index contributed by atoms with van der Waals surface area (Å²) in [5.74, 6) is 1.49. The van der Waals surface area contributed by atoms with E-state index in [-0.39, 0.29) is 12.2 Å². The molecule has 5 aromatic rings. The van der Waals surface area contributed by atoms with Crippen molar-refractivity contribution in [2.75, 3.05) is 33.3 Å². The predicted octanol–water partition coefficient (Wildman–Crippen LogP) is 7.89. The fraction of sp³-hybridized carbons (Fsp3) is 0.349. The van der Waals surface area contributed by atoms with Crippen molar-refractivity contribution in [3.05, 3.63) is 105 Å². The molecule has 3 heterocycles. The summed E-state index contributed by atoms with van der Waals surface area (Å²) in [6.45, 7) is 13.9. The number of likely N-dealkylation sites (tertiary alicyclic amines) is 2. The summed E-state index contributed by atoms with van der Waals surface area (Å²) < 4.78 is 17.4. The molecule has 0 bridgehead atoms. The summed E-state index contributed by atoms with van der Waals surface area (Å²) in [7, 11) is 1.73. The number of methoxy groups -OCH3 is 1. The summed E-state index contributed by atoms with van der Waals surface area (Å²) in [6.07, 6.45) is 5.77. The van der Waals surface area contributed by atoms with Crippen LogP contribution in [0, 0.1) is 27.7 Å². The summed E-state index contributed by atoms with van der Waals surface area (Å²) in [6, 6.07) is 21.4. The van der Waals surface area contributed by atoms with E-state index in [1.165, 1.54) is 22.3 Å². The van der Waals surface area contributed by atoms with Crippen molar-refractivity contribution in [3.8, 4) is 28.3 Å². The lowest BCUT2D eigenvalue weighted by Gasteiger charge is -2.18. The third-order valence-electron chi connectivity index (χ3n) is 10.6. The number of aliphatic hydroxyl groups excluding tert-OH is 1. The Hall–Kier alpha value is -4.76. The van der Waals surface area contributed by atoms with E-state index in [1.807, 2.05) is 0 Å². The molecule has 0 saturated carbocycles. The zero-order chi connectivity index (χ0) is 35.6. The van der Waals surface area contributed by atoms with E-state index in [9.17, 15) is 9.90 Å². The Morgan fingerprint density at radius 2 is 1.57 bits per heavy atom. The van der Waals surface area contributed by atoms with E-state index in [1.54, 1.807) is 7.11 Å². The number of benzene rings is 4. The summed E-state index contributed by atoms with van der Waals surface area (Å²) >= 11 is 0. The summed E-state index contributed by atoms with van der Waals surface area (Å²) in [4.78, 5) is 20.4. The highest BCUT2D eigenvalue weighted by Crippen LogP contribution is 2.37. The van der Waals surface area contributed by atoms with Gasteiger partial charge in [-0.15, -0.1) is 0 Å². The zero-order valence-corrected chi connectivity index (χ0v) is 30.2. The number of carbonyl (C=O) groups excluding carboxylic acids is 1. The first-order valence-electron chi connectivity index (χ1n) is 17.9. The van der Waals surface area contributed by atoms with Crippen molar-refractivity contribution in [2.24, 2.45) is 0 Å². The van der Waals surface area contributed by atoms with Crippen LogP contribution in [-0.2, 0) is 22.6 Å². The minimum atomic E-state index is -0.239. The maximum absolute atomic E-state index is 10.8. The highest BCUT2D eigenvalue weighted by Gasteiger charge is 2.25. The number of nitrogens with zero attached hydrogens (tertiary/aromatic N) is 3. The lowest BCUT2D eigenvalue weighted by molar-refractivity contribution is -0.132. The molecule has 2 fully saturated rings. The molecule has 0 radical (unpaired) electrons. The first-order chi connectivity index (χ1) is 24.7. The van der Waals surface area contributed by atoms with Crippen LogP contribution in [-0.4, -0.2) is 71.9 Å². The van der Waals surface area contributed by atoms with Gasteiger partial charge >= 0.3 is 0 Å². The normalized spacial score (nSPS) is 18.3. The molecule has 0 amide bonds. The van der Waals surface area contributed by atoms with Gasteiger partial charge in [0.2, 0.25) is 5.89 Å². The Balaban J connectivity index is 1.13. The summed E-state index contributed by atoms with van der Waals surface area (Å²) in [5, 5.41) is 9.98. The summed E-state index contributed by atoms with van der Waals surface area (Å²) in [5.41, 5.74) is 14.1. The molecule has 2 saturated heterocycles. The first kappa shape index (κ1) is 34.7. The number of β-amino-alcohol motifs (C(OH)–C–C–N with tert-alkyl or cyclic N) is 1. The van der Waals surface area contributed by atoms with Crippen molar-refractivity contribution in [3.63, 3.8) is 0 Å². The zero-order valence-electron chi connectivity index (χ0n) is 30.2. The molecule has 7 rings (SSSR count). The van der Waals surface area contributed by atoms with E-state index in [4.69, 9.17) is 18.9 Å². The fourth-order valence-corrected chi connectivity index (χ4v) is 7.79. The molecule has 0 unspecified atom stereocenters. The van der Waals surface area contributed by atoms with Crippen molar-refractivity contribution in [1.29, 1.82) is 0 Å². The monoisotopic (exact) mass is 685 g/mol. The molecule has 2 aliphatic rings. The van der Waals surface area contributed by atoms with Gasteiger partial charge in [0.25, 0.3) is 6.47 Å². The molecule has 1 N–H and O–H groups in total. The standard InChI is InChI=1S/C43H47N3O5/c1-27-19-34(23-46-16-14-35(48)24-46)41(49-5)21-33(27)13-12-32-8-6-9-37(29(32)3)38-10-7-11-39(30(38)4)43-44-40-20-31(18-28(2)42(40)51-43)22-45-17-15-36(25-45)50-26-47/h6-13,18-21,26,35-36,48H,14-17,22-25H2,1-5H3/b13-12+/t35-,36-/m1/s1. The second-order valence-corrected chi connectivity index (χ2v) is 14.2. The van der Waals surface area contributed by atoms with Crippen LogP contribution in [0.2, 0.25) is 0 Å². The van der Waals surface area contributed by atoms with E-state index in [2.05, 4.69) is 110 Å². The maximum atomic E-state index is 10.8. The van der Waals surface area contributed by atoms with Crippen LogP contribution in [0.5, 0.6) is 5.75 Å². The van der Waals surface area contributed by atoms with Gasteiger partial charge in [-0.1, -0.05) is 54.6 Å². The van der Waals surface area contributed by atoms with E-state index >= 15 is 0 Å². The number of aromatic nitrogens is 1. The number of carbonyl (C=O) groups is 1. The number of aryl methyl sites for hydroxylation is 2. The molecule has 51 heavy (non-hydrogen) atoms. The van der Waals surface area contributed by atoms with Crippen LogP contribution in [0.25, 0.3) is 45.8 Å². The van der Waals surface area contributed by atoms with Crippen LogP contribution < -0.4 is 4.74 Å². The fourth-order valence-electron chi connectivity index (χ4n) is 7.79. The van der Waals surface area contributed by atoms with Gasteiger partial charge in [-0.2, -0.15) is 0 Å². The second kappa shape index (κ2) is 14.8. The van der Waals surface area contributed by atoms with Crippen LogP contribution >= 0.6 is 0 Å². The highest BCUT2D eigenvalue weighted by molar-refractivity contribution is 5.84. The average Bonchev–Trinajstić information content (AvgIpc) is 3.86. The number of hydrogen-bond acceptors (Lipinski definition) is 8. The molecule has 0 spiro atoms. The average molecular weight is 686 g/mol. The lowest BCUT2D eigenvalue weighted by Crippen LogP contribution is -2.22. The minimum Gasteiger partial charge on any atom is -0.496 e. The molecule has 4 aromatic carbocycles. The Bertz CT molecular complexity index is 2100. The quantitative estimate of drug-likeness (QED) is 0.111. The van der Waals surface area contributed by atoms with Crippen molar-refractivity contribution in [1.82, 2.24) is 14.8 Å². The molecule has 8 heteroatoms. The lowest BCUT2D eigenvalue weighted by atomic mass is 9.91. The molecular weight excluding hydrogens is 638 g/mol. The van der Waals surface area contributed by atoms with Gasteiger partial charge in [0.15, 0.2) is 5.58 Å². The van der Waals surface area contributed by atoms with Gasteiger partial charge in [0, 0.05) is 50.4 Å². The molecule has 2 atom stereocenters. The molecule has 264 valence electrons. The largest absolute Gasteiger partial charge is 0.496 e. The second-order valence-electron chi connectivity index (χ2n) is 14.2. The van der Waals surface area contributed by atoms with E-state index < -0.39 is 0 Å². The SMILES string of the molecule is COc1cc(/C=C/c2cccc(-c3cccc(-c4nc5cc(CN6CC[C@@H](OC=O)C6)cc(C)c5o4)c3C)c2C)c(C)cc1CN1CC[C@@H](O)C1. The number of fused-ring (bicyclic) bond motifs is 1. The van der Waals surface area contributed by atoms with Gasteiger partial charge in [-0.05, 0) is 109 Å². The Morgan fingerprint density at radius 3 is 2.33 bits per heavy atom. The van der Waals surface area contributed by atoms with Crippen molar-refractivity contribution >= 4 is 29.7 Å². The molecular formula is C43H47N3O5. The van der Waals surface area contributed by atoms with Crippen molar-refractivity contribution in [2.45, 2.75) is 65.8 Å². The van der Waals surface area contributed by atoms with Gasteiger partial charge in [-0.25, -0.2) is 4.98 Å². The predicted molar refractivity (Wildman–Crippen MR) is 202 cm³/mol. The van der Waals surface area contributed by atoms with Gasteiger partial charge in [0.1, 0.15) is 17.4 Å². The van der Waals surface area contributed by atoms with Crippen LogP contribution in [0.15, 0.2) is 65.1 Å². The van der Waals surface area contributed by atoms with Crippen molar-refractivity contribution < 1.29 is 23.8 Å². The topological polar surface area (TPSA) is 88.3 Å². The number of ether oxygens (including phenoxy) is 2. The first-order valence-corrected chi connectivity index (χ1v) is 17.9. The Labute approximate surface area is 300 Å². The smallest absolute Gasteiger partial charge is 0.293 e. The van der Waals surface area contributed by atoms with Crippen LogP contribution in [0.1, 0.15) is 57.3 Å². The number of aliphatic hydroxyl groups is 1. The van der Waals surface area contributed by atoms with Gasteiger partial charge in [0.05, 0.1) is 13.2 Å². The van der Waals surface area contributed by atoms with Gasteiger partial charge < -0.3 is 19.0 Å². The molecule has 8 nitrogen and oxygen atoms in total. The Kier molecular flexibility index (Phi) is 10.1. The van der Waals surface area contributed by atoms with Crippen LogP contribution in [0.4, 0.5) is 0 Å². The Morgan fingerprint density at radius 1 is 0.843 bits per heavy atom. The maximum Gasteiger partial charge on any atom is 0.293 e. The van der Waals surface area contributed by atoms with Crippen LogP contribution in [0.3, 0.4) is 0 Å². The van der Waals surface area contributed by atoms with E-state index in [0.29, 0.717) is 18.9 Å². The van der Waals surface area contributed by atoms with E-state index in [0.717, 1.165) is 101 Å². The molecule has 2 aliphatic heterocycles. The molecule has 0 aliphatic carbocycles. The minimum absolute atomic E-state index is 0.0329. The third-order valence-corrected chi connectivity index (χ3v) is 10.6. The highest BCUT2D eigenvalue weighted by atomic mass is 16.5. The molecule has 1 aromatic heterocycles. The number of rotatable bonds is 11.